The molecule has 1 fully saturated rings. The lowest BCUT2D eigenvalue weighted by Gasteiger charge is -2.33. The molecule has 0 spiro atoms. The molecule has 0 saturated heterocycles. The molecule has 0 heterocycles. The number of benzene rings is 2. The van der Waals surface area contributed by atoms with Crippen LogP contribution >= 0.6 is 0 Å². The summed E-state index contributed by atoms with van der Waals surface area (Å²) >= 11 is 0. The summed E-state index contributed by atoms with van der Waals surface area (Å²) in [5.74, 6) is -1.27. The Morgan fingerprint density at radius 1 is 1.00 bits per heavy atom. The summed E-state index contributed by atoms with van der Waals surface area (Å²) in [6.07, 6.45) is 6.61. The monoisotopic (exact) mass is 580 g/mol. The summed E-state index contributed by atoms with van der Waals surface area (Å²) in [5.41, 5.74) is 13.3. The Balaban J connectivity index is 2.07. The lowest BCUT2D eigenvalue weighted by Crippen LogP contribution is -2.38. The van der Waals surface area contributed by atoms with Gasteiger partial charge in [0.2, 0.25) is 11.8 Å². The zero-order valence-electron chi connectivity index (χ0n) is 25.4. The summed E-state index contributed by atoms with van der Waals surface area (Å²) < 4.78 is 5.32. The van der Waals surface area contributed by atoms with E-state index in [4.69, 9.17) is 16.2 Å². The van der Waals surface area contributed by atoms with E-state index in [0.717, 1.165) is 49.8 Å². The number of nitrogens with zero attached hydrogens (tertiary/aromatic N) is 1. The highest BCUT2D eigenvalue weighted by Gasteiger charge is 2.34. The van der Waals surface area contributed by atoms with Crippen LogP contribution in [0.1, 0.15) is 113 Å². The molecular formula is C33H48N4O5. The maximum Gasteiger partial charge on any atom is 0.254 e. The Labute approximate surface area is 250 Å². The van der Waals surface area contributed by atoms with E-state index in [1.165, 1.54) is 18.6 Å². The molecule has 0 aromatic heterocycles. The van der Waals surface area contributed by atoms with E-state index < -0.39 is 23.8 Å². The van der Waals surface area contributed by atoms with Crippen LogP contribution in [0.15, 0.2) is 36.4 Å². The van der Waals surface area contributed by atoms with Gasteiger partial charge in [0.15, 0.2) is 0 Å². The number of carbonyl (C=O) groups excluding carboxylic acids is 3. The number of aliphatic hydroxyl groups excluding tert-OH is 1. The van der Waals surface area contributed by atoms with Crippen molar-refractivity contribution in [3.8, 4) is 5.75 Å². The summed E-state index contributed by atoms with van der Waals surface area (Å²) in [6, 6.07) is 10.5. The van der Waals surface area contributed by atoms with Gasteiger partial charge in [-0.25, -0.2) is 0 Å². The number of methoxy groups -OCH3 is 1. The topological polar surface area (TPSA) is 148 Å². The van der Waals surface area contributed by atoms with Crippen LogP contribution in [-0.4, -0.2) is 60.6 Å². The minimum atomic E-state index is -0.924. The fourth-order valence-electron chi connectivity index (χ4n) is 6.14. The molecule has 2 aromatic rings. The molecule has 9 heteroatoms. The van der Waals surface area contributed by atoms with Gasteiger partial charge in [-0.1, -0.05) is 58.1 Å². The number of amides is 3. The summed E-state index contributed by atoms with van der Waals surface area (Å²) in [7, 11) is 1.62. The third-order valence-electron chi connectivity index (χ3n) is 8.20. The Hall–Kier alpha value is -3.43. The molecule has 3 rings (SSSR count). The third kappa shape index (κ3) is 8.79. The van der Waals surface area contributed by atoms with Gasteiger partial charge in [0.05, 0.1) is 13.2 Å². The first-order valence-corrected chi connectivity index (χ1v) is 15.3. The molecular weight excluding hydrogens is 532 g/mol. The Bertz CT molecular complexity index is 1200. The van der Waals surface area contributed by atoms with E-state index in [1.807, 2.05) is 38.1 Å². The Morgan fingerprint density at radius 3 is 2.26 bits per heavy atom. The molecule has 1 saturated carbocycles. The van der Waals surface area contributed by atoms with Crippen LogP contribution in [0, 0.1) is 5.92 Å². The molecule has 3 amide bonds. The minimum Gasteiger partial charge on any atom is -0.497 e. The van der Waals surface area contributed by atoms with Crippen LogP contribution in [0.5, 0.6) is 5.75 Å². The molecule has 0 unspecified atom stereocenters. The molecule has 9 nitrogen and oxygen atoms in total. The van der Waals surface area contributed by atoms with Crippen molar-refractivity contribution < 1.29 is 24.2 Å². The van der Waals surface area contributed by atoms with E-state index in [9.17, 15) is 19.5 Å². The number of hydrogen-bond donors (Lipinski definition) is 4. The molecule has 2 aromatic carbocycles. The van der Waals surface area contributed by atoms with Gasteiger partial charge in [-0.2, -0.15) is 0 Å². The van der Waals surface area contributed by atoms with E-state index in [1.54, 1.807) is 12.0 Å². The van der Waals surface area contributed by atoms with Gasteiger partial charge in [0.1, 0.15) is 5.75 Å². The molecule has 230 valence electrons. The van der Waals surface area contributed by atoms with Crippen molar-refractivity contribution in [3.05, 3.63) is 64.2 Å². The highest BCUT2D eigenvalue weighted by atomic mass is 16.5. The smallest absolute Gasteiger partial charge is 0.254 e. The van der Waals surface area contributed by atoms with Crippen LogP contribution in [-0.2, 0) is 6.54 Å². The molecule has 1 aliphatic carbocycles. The number of rotatable bonds is 16. The number of carbonyl (C=O) groups is 3. The van der Waals surface area contributed by atoms with E-state index >= 15 is 0 Å². The van der Waals surface area contributed by atoms with Gasteiger partial charge >= 0.3 is 0 Å². The summed E-state index contributed by atoms with van der Waals surface area (Å²) in [5, 5.41) is 15.1. The minimum absolute atomic E-state index is 0.0471. The average Bonchev–Trinajstić information content (AvgIpc) is 2.99. The predicted octanol–water partition coefficient (Wildman–Crippen LogP) is 4.36. The number of nitrogens with two attached hydrogens (primary N) is 2. The van der Waals surface area contributed by atoms with E-state index in [0.29, 0.717) is 37.5 Å². The number of hydrogen-bond acceptors (Lipinski definition) is 6. The van der Waals surface area contributed by atoms with Crippen LogP contribution in [0.25, 0.3) is 0 Å². The highest BCUT2D eigenvalue weighted by molar-refractivity contribution is 6.06. The van der Waals surface area contributed by atoms with E-state index in [-0.39, 0.29) is 29.1 Å². The summed E-state index contributed by atoms with van der Waals surface area (Å²) in [6.45, 7) is 5.77. The standard InChI is InChI=1S/C33H48N4O5/c1-4-14-37(15-5-2)33(41)28-19-24(31(34)39)18-27(32(35)40)30(28)26(17-22-10-7-6-8-11-22)29(38)21-36-20-23-12-9-13-25(16-23)42-3/h9,12-13,16,18-19,22,26,29,36,38H,4-8,10-11,14-15,17,20-21H2,1-3H3,(H2,34,39)(H2,35,40)/t26-,29+/m1/s1. The first-order chi connectivity index (χ1) is 20.2. The van der Waals surface area contributed by atoms with Crippen LogP contribution in [0.4, 0.5) is 0 Å². The van der Waals surface area contributed by atoms with Gasteiger partial charge < -0.3 is 31.5 Å². The SMILES string of the molecule is CCCN(CCC)C(=O)c1cc(C(N)=O)cc(C(N)=O)c1[C@H](CC1CCCCC1)[C@@H](O)CNCc1cccc(OC)c1. The molecule has 42 heavy (non-hydrogen) atoms. The Kier molecular flexibility index (Phi) is 12.8. The first kappa shape index (κ1) is 33.1. The number of ether oxygens (including phenoxy) is 1. The van der Waals surface area contributed by atoms with E-state index in [2.05, 4.69) is 5.32 Å². The highest BCUT2D eigenvalue weighted by Crippen LogP contribution is 2.38. The molecule has 0 bridgehead atoms. The zero-order chi connectivity index (χ0) is 30.6. The number of nitrogens with one attached hydrogen (secondary N) is 1. The predicted molar refractivity (Wildman–Crippen MR) is 165 cm³/mol. The largest absolute Gasteiger partial charge is 0.497 e. The number of aliphatic hydroxyl groups is 1. The van der Waals surface area contributed by atoms with Gasteiger partial charge in [-0.15, -0.1) is 0 Å². The molecule has 0 radical (unpaired) electrons. The van der Waals surface area contributed by atoms with Crippen LogP contribution < -0.4 is 21.5 Å². The van der Waals surface area contributed by atoms with Crippen molar-refractivity contribution >= 4 is 17.7 Å². The normalized spacial score (nSPS) is 15.1. The lowest BCUT2D eigenvalue weighted by atomic mass is 9.75. The lowest BCUT2D eigenvalue weighted by molar-refractivity contribution is 0.0749. The molecule has 6 N–H and O–H groups in total. The van der Waals surface area contributed by atoms with Crippen molar-refractivity contribution in [2.45, 2.75) is 83.8 Å². The van der Waals surface area contributed by atoms with Gasteiger partial charge in [0.25, 0.3) is 5.91 Å². The zero-order valence-corrected chi connectivity index (χ0v) is 25.4. The van der Waals surface area contributed by atoms with Gasteiger partial charge in [0, 0.05) is 48.8 Å². The fraction of sp³-hybridized carbons (Fsp3) is 0.545. The van der Waals surface area contributed by atoms with Gasteiger partial charge in [-0.3, -0.25) is 14.4 Å². The van der Waals surface area contributed by atoms with Crippen molar-refractivity contribution in [3.63, 3.8) is 0 Å². The van der Waals surface area contributed by atoms with Crippen molar-refractivity contribution in [2.75, 3.05) is 26.7 Å². The third-order valence-corrected chi connectivity index (χ3v) is 8.20. The average molecular weight is 581 g/mol. The number of primary amides is 2. The summed E-state index contributed by atoms with van der Waals surface area (Å²) in [4.78, 5) is 41.0. The van der Waals surface area contributed by atoms with Gasteiger partial charge in [-0.05, 0) is 60.6 Å². The fourth-order valence-corrected chi connectivity index (χ4v) is 6.14. The van der Waals surface area contributed by atoms with Crippen LogP contribution in [0.2, 0.25) is 0 Å². The molecule has 1 aliphatic rings. The second-order valence-electron chi connectivity index (χ2n) is 11.4. The van der Waals surface area contributed by atoms with Crippen LogP contribution in [0.3, 0.4) is 0 Å². The van der Waals surface area contributed by atoms with Crippen molar-refractivity contribution in [2.24, 2.45) is 17.4 Å². The quantitative estimate of drug-likeness (QED) is 0.232. The van der Waals surface area contributed by atoms with Crippen molar-refractivity contribution in [1.82, 2.24) is 10.2 Å². The maximum absolute atomic E-state index is 14.1. The Morgan fingerprint density at radius 2 is 1.67 bits per heavy atom. The second kappa shape index (κ2) is 16.3. The first-order valence-electron chi connectivity index (χ1n) is 15.3. The second-order valence-corrected chi connectivity index (χ2v) is 11.4. The van der Waals surface area contributed by atoms with Crippen molar-refractivity contribution in [1.29, 1.82) is 0 Å². The maximum atomic E-state index is 14.1. The molecule has 2 atom stereocenters. The molecule has 0 aliphatic heterocycles.